The normalized spacial score (nSPS) is 10.5. The number of esters is 1. The molecule has 5 nitrogen and oxygen atoms in total. The largest absolute Gasteiger partial charge is 0.465 e. The van der Waals surface area contributed by atoms with E-state index in [2.05, 4.69) is 10.3 Å². The van der Waals surface area contributed by atoms with Crippen molar-refractivity contribution in [1.29, 1.82) is 0 Å². The number of aryl methyl sites for hydroxylation is 3. The number of aromatic nitrogens is 1. The molecular formula is C19H24N2O3. The minimum atomic E-state index is -0.419. The van der Waals surface area contributed by atoms with E-state index >= 15 is 0 Å². The predicted octanol–water partition coefficient (Wildman–Crippen LogP) is 3.93. The topological polar surface area (TPSA) is 71.2 Å². The van der Waals surface area contributed by atoms with E-state index in [0.717, 1.165) is 23.2 Å². The fraction of sp³-hybridized carbons (Fsp3) is 0.368. The second-order valence-corrected chi connectivity index (χ2v) is 6.05. The van der Waals surface area contributed by atoms with Crippen molar-refractivity contribution in [2.75, 3.05) is 12.4 Å². The molecule has 1 amide bonds. The van der Waals surface area contributed by atoms with Crippen LogP contribution in [0.15, 0.2) is 18.2 Å². The Bertz CT molecular complexity index is 755. The SMILES string of the molecule is CCCc1c(C(=O)Nc2cc(C)cc(C)c2)[nH]c(C)c1C(=O)OC. The molecule has 1 aromatic carbocycles. The van der Waals surface area contributed by atoms with E-state index in [1.807, 2.05) is 39.0 Å². The van der Waals surface area contributed by atoms with Crippen LogP contribution >= 0.6 is 0 Å². The number of aromatic amines is 1. The van der Waals surface area contributed by atoms with E-state index in [0.29, 0.717) is 28.9 Å². The van der Waals surface area contributed by atoms with Crippen molar-refractivity contribution in [3.05, 3.63) is 51.8 Å². The second-order valence-electron chi connectivity index (χ2n) is 6.05. The molecule has 0 radical (unpaired) electrons. The summed E-state index contributed by atoms with van der Waals surface area (Å²) in [4.78, 5) is 27.8. The monoisotopic (exact) mass is 328 g/mol. The molecule has 0 aliphatic heterocycles. The van der Waals surface area contributed by atoms with Crippen molar-refractivity contribution < 1.29 is 14.3 Å². The molecule has 0 aliphatic rings. The molecule has 0 unspecified atom stereocenters. The van der Waals surface area contributed by atoms with Crippen LogP contribution in [0.2, 0.25) is 0 Å². The van der Waals surface area contributed by atoms with Gasteiger partial charge in [-0.25, -0.2) is 4.79 Å². The predicted molar refractivity (Wildman–Crippen MR) is 94.7 cm³/mol. The maximum atomic E-state index is 12.7. The van der Waals surface area contributed by atoms with Crippen LogP contribution in [0.5, 0.6) is 0 Å². The van der Waals surface area contributed by atoms with Gasteiger partial charge < -0.3 is 15.0 Å². The lowest BCUT2D eigenvalue weighted by Crippen LogP contribution is -2.15. The van der Waals surface area contributed by atoms with Crippen LogP contribution in [0, 0.1) is 20.8 Å². The Labute approximate surface area is 142 Å². The summed E-state index contributed by atoms with van der Waals surface area (Å²) in [5, 5.41) is 2.91. The minimum absolute atomic E-state index is 0.248. The number of rotatable bonds is 5. The molecule has 5 heteroatoms. The molecule has 0 spiro atoms. The molecule has 0 saturated heterocycles. The fourth-order valence-electron chi connectivity index (χ4n) is 2.99. The number of ether oxygens (including phenoxy) is 1. The van der Waals surface area contributed by atoms with Crippen LogP contribution in [0.4, 0.5) is 5.69 Å². The second kappa shape index (κ2) is 7.34. The highest BCUT2D eigenvalue weighted by molar-refractivity contribution is 6.07. The molecule has 2 rings (SSSR count). The lowest BCUT2D eigenvalue weighted by Gasteiger charge is -2.09. The lowest BCUT2D eigenvalue weighted by molar-refractivity contribution is 0.0599. The van der Waals surface area contributed by atoms with Gasteiger partial charge in [0, 0.05) is 11.4 Å². The number of anilines is 1. The number of hydrogen-bond donors (Lipinski definition) is 2. The third-order valence-corrected chi connectivity index (χ3v) is 3.89. The lowest BCUT2D eigenvalue weighted by atomic mass is 10.0. The number of H-pyrrole nitrogens is 1. The number of carbonyl (C=O) groups is 2. The standard InChI is InChI=1S/C19H24N2O3/c1-6-7-15-16(19(23)24-5)13(4)20-17(15)18(22)21-14-9-11(2)8-12(3)10-14/h8-10,20H,6-7H2,1-5H3,(H,21,22). The van der Waals surface area contributed by atoms with E-state index in [-0.39, 0.29) is 5.91 Å². The number of hydrogen-bond acceptors (Lipinski definition) is 3. The van der Waals surface area contributed by atoms with E-state index in [1.165, 1.54) is 7.11 Å². The van der Waals surface area contributed by atoms with E-state index in [1.54, 1.807) is 6.92 Å². The summed E-state index contributed by atoms with van der Waals surface area (Å²) >= 11 is 0. The summed E-state index contributed by atoms with van der Waals surface area (Å²) in [5.41, 5.74) is 5.15. The Morgan fingerprint density at radius 1 is 1.12 bits per heavy atom. The van der Waals surface area contributed by atoms with Gasteiger partial charge in [0.2, 0.25) is 0 Å². The molecule has 0 bridgehead atoms. The number of benzene rings is 1. The van der Waals surface area contributed by atoms with Crippen molar-refractivity contribution in [3.8, 4) is 0 Å². The van der Waals surface area contributed by atoms with Crippen molar-refractivity contribution in [2.45, 2.75) is 40.5 Å². The van der Waals surface area contributed by atoms with Crippen molar-refractivity contribution >= 4 is 17.6 Å². The third-order valence-electron chi connectivity index (χ3n) is 3.89. The Balaban J connectivity index is 2.40. The molecule has 2 N–H and O–H groups in total. The highest BCUT2D eigenvalue weighted by atomic mass is 16.5. The molecular weight excluding hydrogens is 304 g/mol. The maximum absolute atomic E-state index is 12.7. The van der Waals surface area contributed by atoms with E-state index in [4.69, 9.17) is 4.74 Å². The van der Waals surface area contributed by atoms with Gasteiger partial charge in [-0.1, -0.05) is 19.4 Å². The molecule has 0 fully saturated rings. The van der Waals surface area contributed by atoms with Crippen LogP contribution in [0.25, 0.3) is 0 Å². The Kier molecular flexibility index (Phi) is 5.44. The quantitative estimate of drug-likeness (QED) is 0.817. The van der Waals surface area contributed by atoms with E-state index < -0.39 is 5.97 Å². The Morgan fingerprint density at radius 3 is 2.29 bits per heavy atom. The van der Waals surface area contributed by atoms with Crippen molar-refractivity contribution in [2.24, 2.45) is 0 Å². The van der Waals surface area contributed by atoms with Gasteiger partial charge in [0.1, 0.15) is 5.69 Å². The van der Waals surface area contributed by atoms with Gasteiger partial charge in [-0.2, -0.15) is 0 Å². The summed E-state index contributed by atoms with van der Waals surface area (Å²) in [6, 6.07) is 5.88. The molecule has 0 atom stereocenters. The zero-order valence-electron chi connectivity index (χ0n) is 14.9. The van der Waals surface area contributed by atoms with Crippen LogP contribution in [-0.4, -0.2) is 24.0 Å². The summed E-state index contributed by atoms with van der Waals surface area (Å²) in [5.74, 6) is -0.667. The van der Waals surface area contributed by atoms with Crippen LogP contribution in [0.3, 0.4) is 0 Å². The van der Waals surface area contributed by atoms with Gasteiger partial charge in [0.25, 0.3) is 5.91 Å². The van der Waals surface area contributed by atoms with Gasteiger partial charge >= 0.3 is 5.97 Å². The number of carbonyl (C=O) groups excluding carboxylic acids is 2. The Morgan fingerprint density at radius 2 is 1.75 bits per heavy atom. The number of nitrogens with one attached hydrogen (secondary N) is 2. The molecule has 1 aromatic heterocycles. The maximum Gasteiger partial charge on any atom is 0.339 e. The van der Waals surface area contributed by atoms with Gasteiger partial charge in [-0.3, -0.25) is 4.79 Å². The molecule has 128 valence electrons. The minimum Gasteiger partial charge on any atom is -0.465 e. The molecule has 2 aromatic rings. The van der Waals surface area contributed by atoms with Crippen molar-refractivity contribution in [1.82, 2.24) is 4.98 Å². The average Bonchev–Trinajstić information content (AvgIpc) is 2.82. The van der Waals surface area contributed by atoms with Gasteiger partial charge in [0.05, 0.1) is 12.7 Å². The number of methoxy groups -OCH3 is 1. The first kappa shape index (κ1) is 17.8. The summed E-state index contributed by atoms with van der Waals surface area (Å²) in [6.45, 7) is 7.76. The van der Waals surface area contributed by atoms with Crippen LogP contribution in [-0.2, 0) is 11.2 Å². The third kappa shape index (κ3) is 3.67. The first-order chi connectivity index (χ1) is 11.4. The van der Waals surface area contributed by atoms with Crippen LogP contribution < -0.4 is 5.32 Å². The molecule has 24 heavy (non-hydrogen) atoms. The zero-order valence-corrected chi connectivity index (χ0v) is 14.9. The average molecular weight is 328 g/mol. The van der Waals surface area contributed by atoms with Gasteiger partial charge in [-0.05, 0) is 56.0 Å². The summed E-state index contributed by atoms with van der Waals surface area (Å²) < 4.78 is 4.86. The van der Waals surface area contributed by atoms with E-state index in [9.17, 15) is 9.59 Å². The Hall–Kier alpha value is -2.56. The zero-order chi connectivity index (χ0) is 17.9. The smallest absolute Gasteiger partial charge is 0.339 e. The highest BCUT2D eigenvalue weighted by Crippen LogP contribution is 2.23. The highest BCUT2D eigenvalue weighted by Gasteiger charge is 2.24. The van der Waals surface area contributed by atoms with Crippen LogP contribution in [0.1, 0.15) is 56.6 Å². The fourth-order valence-corrected chi connectivity index (χ4v) is 2.99. The molecule has 0 saturated carbocycles. The van der Waals surface area contributed by atoms with Gasteiger partial charge in [-0.15, -0.1) is 0 Å². The van der Waals surface area contributed by atoms with Crippen molar-refractivity contribution in [3.63, 3.8) is 0 Å². The summed E-state index contributed by atoms with van der Waals surface area (Å²) in [6.07, 6.45) is 1.45. The van der Waals surface area contributed by atoms with Gasteiger partial charge in [0.15, 0.2) is 0 Å². The number of amides is 1. The first-order valence-corrected chi connectivity index (χ1v) is 8.06. The first-order valence-electron chi connectivity index (χ1n) is 8.06. The molecule has 1 heterocycles. The molecule has 0 aliphatic carbocycles. The summed E-state index contributed by atoms with van der Waals surface area (Å²) in [7, 11) is 1.35.